The Morgan fingerprint density at radius 2 is 2.03 bits per heavy atom. The van der Waals surface area contributed by atoms with Crippen molar-refractivity contribution in [1.82, 2.24) is 14.8 Å². The molecule has 1 aliphatic heterocycles. The molecule has 1 N–H and O–H groups in total. The van der Waals surface area contributed by atoms with Crippen molar-refractivity contribution in [2.75, 3.05) is 13.1 Å². The lowest BCUT2D eigenvalue weighted by atomic mass is 9.99. The Balaban J connectivity index is 1.55. The van der Waals surface area contributed by atoms with Crippen LogP contribution in [0.4, 0.5) is 0 Å². The van der Waals surface area contributed by atoms with E-state index in [2.05, 4.69) is 46.1 Å². The molecule has 0 spiro atoms. The summed E-state index contributed by atoms with van der Waals surface area (Å²) < 4.78 is 8.15. The molecule has 5 nitrogen and oxygen atoms in total. The maximum Gasteiger partial charge on any atom is 0.286 e. The van der Waals surface area contributed by atoms with Crippen LogP contribution in [0.3, 0.4) is 0 Å². The molecular formula is C23H26ClN3O2. The van der Waals surface area contributed by atoms with E-state index in [9.17, 15) is 4.79 Å². The second-order valence-corrected chi connectivity index (χ2v) is 7.80. The molecule has 0 radical (unpaired) electrons. The first-order valence-corrected chi connectivity index (χ1v) is 10.6. The normalized spacial score (nSPS) is 16.6. The van der Waals surface area contributed by atoms with Crippen LogP contribution in [0.1, 0.15) is 53.4 Å². The van der Waals surface area contributed by atoms with E-state index in [0.29, 0.717) is 18.8 Å². The van der Waals surface area contributed by atoms with Crippen molar-refractivity contribution in [3.63, 3.8) is 0 Å². The smallest absolute Gasteiger partial charge is 0.286 e. The van der Waals surface area contributed by atoms with E-state index in [-0.39, 0.29) is 11.9 Å². The lowest BCUT2D eigenvalue weighted by molar-refractivity contribution is 0.0919. The van der Waals surface area contributed by atoms with Crippen molar-refractivity contribution in [3.8, 4) is 0 Å². The van der Waals surface area contributed by atoms with E-state index < -0.39 is 0 Å². The molecule has 0 fully saturated rings. The van der Waals surface area contributed by atoms with Gasteiger partial charge in [-0.3, -0.25) is 9.69 Å². The van der Waals surface area contributed by atoms with Gasteiger partial charge in [0.15, 0.2) is 5.76 Å². The molecule has 1 aromatic carbocycles. The van der Waals surface area contributed by atoms with Gasteiger partial charge in [0.25, 0.3) is 5.91 Å². The number of hydrogen-bond acceptors (Lipinski definition) is 3. The number of aromatic nitrogens is 1. The Bertz CT molecular complexity index is 978. The molecule has 0 aliphatic carbocycles. The molecule has 2 aromatic heterocycles. The highest BCUT2D eigenvalue weighted by Gasteiger charge is 2.30. The van der Waals surface area contributed by atoms with Crippen LogP contribution in [0.15, 0.2) is 59.1 Å². The average molecular weight is 412 g/mol. The van der Waals surface area contributed by atoms with Crippen LogP contribution < -0.4 is 5.32 Å². The number of fused-ring (bicyclic) bond motifs is 1. The van der Waals surface area contributed by atoms with Gasteiger partial charge in [-0.2, -0.15) is 0 Å². The molecule has 1 amide bonds. The number of unbranched alkanes of at least 4 members (excludes halogenated alkanes) is 1. The third kappa shape index (κ3) is 4.26. The summed E-state index contributed by atoms with van der Waals surface area (Å²) in [4.78, 5) is 14.6. The van der Waals surface area contributed by atoms with E-state index in [1.54, 1.807) is 6.07 Å². The Morgan fingerprint density at radius 3 is 2.86 bits per heavy atom. The molecule has 1 aliphatic rings. The van der Waals surface area contributed by atoms with Gasteiger partial charge < -0.3 is 14.3 Å². The molecule has 152 valence electrons. The standard InChI is InChI=1S/C23H26ClN3O2/c1-2-3-12-25-23(28)21-11-10-17(29-21)16-27-15-14-26-13-6-9-20(26)22(27)18-7-4-5-8-19(18)24/h4-11,13,22H,2-3,12,14-16H2,1H3,(H,25,28). The summed E-state index contributed by atoms with van der Waals surface area (Å²) >= 11 is 6.55. The number of benzene rings is 1. The Morgan fingerprint density at radius 1 is 1.17 bits per heavy atom. The zero-order valence-electron chi connectivity index (χ0n) is 16.6. The average Bonchev–Trinajstić information content (AvgIpc) is 3.38. The first kappa shape index (κ1) is 19.8. The SMILES string of the molecule is CCCCNC(=O)c1ccc(CN2CCn3cccc3C2c2ccccc2Cl)o1. The van der Waals surface area contributed by atoms with E-state index >= 15 is 0 Å². The molecule has 3 heterocycles. The molecule has 0 bridgehead atoms. The maximum absolute atomic E-state index is 12.2. The van der Waals surface area contributed by atoms with Crippen LogP contribution in [0.25, 0.3) is 0 Å². The quantitative estimate of drug-likeness (QED) is 0.564. The molecule has 0 saturated carbocycles. The zero-order valence-corrected chi connectivity index (χ0v) is 17.4. The van der Waals surface area contributed by atoms with E-state index in [0.717, 1.165) is 42.3 Å². The number of furan rings is 1. The van der Waals surface area contributed by atoms with Gasteiger partial charge >= 0.3 is 0 Å². The van der Waals surface area contributed by atoms with Gasteiger partial charge in [0, 0.05) is 36.5 Å². The van der Waals surface area contributed by atoms with Gasteiger partial charge in [-0.15, -0.1) is 0 Å². The van der Waals surface area contributed by atoms with Gasteiger partial charge in [-0.1, -0.05) is 43.1 Å². The summed E-state index contributed by atoms with van der Waals surface area (Å²) in [6.45, 7) is 5.17. The third-order valence-corrected chi connectivity index (χ3v) is 5.74. The lowest BCUT2D eigenvalue weighted by Gasteiger charge is -2.37. The number of nitrogens with zero attached hydrogens (tertiary/aromatic N) is 2. The van der Waals surface area contributed by atoms with Crippen molar-refractivity contribution in [2.45, 2.75) is 38.9 Å². The van der Waals surface area contributed by atoms with Crippen LogP contribution in [0.2, 0.25) is 5.02 Å². The highest BCUT2D eigenvalue weighted by molar-refractivity contribution is 6.31. The van der Waals surface area contributed by atoms with Crippen LogP contribution in [-0.2, 0) is 13.1 Å². The topological polar surface area (TPSA) is 50.4 Å². The fraction of sp³-hybridized carbons (Fsp3) is 0.348. The minimum atomic E-state index is -0.153. The number of rotatable bonds is 7. The molecular weight excluding hydrogens is 386 g/mol. The molecule has 1 unspecified atom stereocenters. The van der Waals surface area contributed by atoms with Crippen molar-refractivity contribution >= 4 is 17.5 Å². The van der Waals surface area contributed by atoms with Crippen LogP contribution in [0, 0.1) is 0 Å². The summed E-state index contributed by atoms with van der Waals surface area (Å²) in [6, 6.07) is 15.9. The molecule has 3 aromatic rings. The monoisotopic (exact) mass is 411 g/mol. The van der Waals surface area contributed by atoms with Crippen molar-refractivity contribution < 1.29 is 9.21 Å². The zero-order chi connectivity index (χ0) is 20.2. The summed E-state index contributed by atoms with van der Waals surface area (Å²) in [5.41, 5.74) is 2.30. The van der Waals surface area contributed by atoms with Crippen LogP contribution >= 0.6 is 11.6 Å². The van der Waals surface area contributed by atoms with Gasteiger partial charge in [-0.25, -0.2) is 0 Å². The second-order valence-electron chi connectivity index (χ2n) is 7.40. The fourth-order valence-electron chi connectivity index (χ4n) is 3.91. The first-order valence-electron chi connectivity index (χ1n) is 10.2. The lowest BCUT2D eigenvalue weighted by Crippen LogP contribution is -2.38. The Hall–Kier alpha value is -2.50. The van der Waals surface area contributed by atoms with Crippen LogP contribution in [0.5, 0.6) is 0 Å². The first-order chi connectivity index (χ1) is 14.2. The predicted octanol–water partition coefficient (Wildman–Crippen LogP) is 4.87. The van der Waals surface area contributed by atoms with Crippen LogP contribution in [-0.4, -0.2) is 28.5 Å². The van der Waals surface area contributed by atoms with Crippen molar-refractivity contribution in [1.29, 1.82) is 0 Å². The molecule has 0 saturated heterocycles. The van der Waals surface area contributed by atoms with Gasteiger partial charge in [0.2, 0.25) is 0 Å². The Kier molecular flexibility index (Phi) is 6.07. The summed E-state index contributed by atoms with van der Waals surface area (Å²) in [5, 5.41) is 3.66. The highest BCUT2D eigenvalue weighted by Crippen LogP contribution is 2.36. The molecule has 29 heavy (non-hydrogen) atoms. The van der Waals surface area contributed by atoms with E-state index in [1.807, 2.05) is 24.3 Å². The fourth-order valence-corrected chi connectivity index (χ4v) is 4.14. The maximum atomic E-state index is 12.2. The largest absolute Gasteiger partial charge is 0.455 e. The van der Waals surface area contributed by atoms with Gasteiger partial charge in [0.1, 0.15) is 5.76 Å². The summed E-state index contributed by atoms with van der Waals surface area (Å²) in [5.74, 6) is 0.994. The highest BCUT2D eigenvalue weighted by atomic mass is 35.5. The number of carbonyl (C=O) groups is 1. The van der Waals surface area contributed by atoms with Gasteiger partial charge in [0.05, 0.1) is 12.6 Å². The number of hydrogen-bond donors (Lipinski definition) is 1. The third-order valence-electron chi connectivity index (χ3n) is 5.40. The van der Waals surface area contributed by atoms with Gasteiger partial charge in [-0.05, 0) is 42.3 Å². The van der Waals surface area contributed by atoms with Crippen molar-refractivity contribution in [2.24, 2.45) is 0 Å². The summed E-state index contributed by atoms with van der Waals surface area (Å²) in [7, 11) is 0. The number of halogens is 1. The number of carbonyl (C=O) groups excluding carboxylic acids is 1. The molecule has 6 heteroatoms. The number of nitrogens with one attached hydrogen (secondary N) is 1. The Labute approximate surface area is 176 Å². The second kappa shape index (κ2) is 8.89. The molecule has 4 rings (SSSR count). The summed E-state index contributed by atoms with van der Waals surface area (Å²) in [6.07, 6.45) is 4.12. The molecule has 1 atom stereocenters. The van der Waals surface area contributed by atoms with E-state index in [4.69, 9.17) is 16.0 Å². The number of amides is 1. The minimum absolute atomic E-state index is 0.0411. The van der Waals surface area contributed by atoms with Crippen molar-refractivity contribution in [3.05, 3.63) is 82.5 Å². The predicted molar refractivity (Wildman–Crippen MR) is 114 cm³/mol. The minimum Gasteiger partial charge on any atom is -0.455 e. The van der Waals surface area contributed by atoms with E-state index in [1.165, 1.54) is 5.69 Å².